The molecule has 1 aromatic carbocycles. The summed E-state index contributed by atoms with van der Waals surface area (Å²) in [6.45, 7) is 0. The van der Waals surface area contributed by atoms with Gasteiger partial charge in [-0.05, 0) is 35.7 Å². The summed E-state index contributed by atoms with van der Waals surface area (Å²) in [5.74, 6) is 0. The molecule has 0 saturated heterocycles. The Balaban J connectivity index is 2.22. The number of nitrogens with two attached hydrogens (primary N) is 1. The second-order valence-corrected chi connectivity index (χ2v) is 3.80. The predicted octanol–water partition coefficient (Wildman–Crippen LogP) is 2.91. The molecule has 1 heterocycles. The normalized spacial score (nSPS) is 10.2. The molecule has 0 unspecified atom stereocenters. The molecular formula is C12H11ClN2. The van der Waals surface area contributed by atoms with E-state index in [0.29, 0.717) is 10.7 Å². The first-order chi connectivity index (χ1) is 7.25. The van der Waals surface area contributed by atoms with Crippen LogP contribution in [0.3, 0.4) is 0 Å². The number of nitrogen functional groups attached to an aromatic ring is 1. The van der Waals surface area contributed by atoms with Crippen LogP contribution in [-0.4, -0.2) is 4.98 Å². The Hall–Kier alpha value is -1.54. The van der Waals surface area contributed by atoms with Crippen molar-refractivity contribution in [3.05, 3.63) is 58.9 Å². The van der Waals surface area contributed by atoms with Crippen LogP contribution in [0.5, 0.6) is 0 Å². The standard InChI is InChI=1S/C12H11ClN2/c13-11-4-3-9(7-12(11)14)6-10-2-1-5-15-8-10/h1-5,7-8H,6,14H2. The quantitative estimate of drug-likeness (QED) is 0.788. The average molecular weight is 219 g/mol. The lowest BCUT2D eigenvalue weighted by Gasteiger charge is -2.03. The SMILES string of the molecule is Nc1cc(Cc2cccnc2)ccc1Cl. The van der Waals surface area contributed by atoms with Crippen LogP contribution in [0.25, 0.3) is 0 Å². The Labute approximate surface area is 93.7 Å². The first kappa shape index (κ1) is 9.99. The van der Waals surface area contributed by atoms with E-state index in [0.717, 1.165) is 12.0 Å². The fourth-order valence-corrected chi connectivity index (χ4v) is 1.56. The van der Waals surface area contributed by atoms with E-state index in [2.05, 4.69) is 4.98 Å². The van der Waals surface area contributed by atoms with E-state index < -0.39 is 0 Å². The minimum Gasteiger partial charge on any atom is -0.398 e. The van der Waals surface area contributed by atoms with E-state index in [-0.39, 0.29) is 0 Å². The van der Waals surface area contributed by atoms with Gasteiger partial charge in [-0.3, -0.25) is 4.98 Å². The van der Waals surface area contributed by atoms with Crippen molar-refractivity contribution in [3.8, 4) is 0 Å². The highest BCUT2D eigenvalue weighted by Crippen LogP contribution is 2.20. The molecule has 0 aliphatic carbocycles. The highest BCUT2D eigenvalue weighted by Gasteiger charge is 1.99. The molecule has 2 N–H and O–H groups in total. The van der Waals surface area contributed by atoms with Gasteiger partial charge in [0.05, 0.1) is 10.7 Å². The van der Waals surface area contributed by atoms with Gasteiger partial charge in [0.1, 0.15) is 0 Å². The van der Waals surface area contributed by atoms with Crippen LogP contribution in [0.1, 0.15) is 11.1 Å². The number of aromatic nitrogens is 1. The molecule has 2 nitrogen and oxygen atoms in total. The molecule has 0 bridgehead atoms. The third-order valence-electron chi connectivity index (χ3n) is 2.19. The summed E-state index contributed by atoms with van der Waals surface area (Å²) in [7, 11) is 0. The molecule has 76 valence electrons. The highest BCUT2D eigenvalue weighted by molar-refractivity contribution is 6.33. The van der Waals surface area contributed by atoms with Crippen LogP contribution in [0.4, 0.5) is 5.69 Å². The van der Waals surface area contributed by atoms with E-state index in [4.69, 9.17) is 17.3 Å². The molecule has 15 heavy (non-hydrogen) atoms. The maximum atomic E-state index is 5.85. The lowest BCUT2D eigenvalue weighted by molar-refractivity contribution is 1.15. The number of pyridine rings is 1. The minimum absolute atomic E-state index is 0.602. The lowest BCUT2D eigenvalue weighted by Crippen LogP contribution is -1.92. The molecule has 0 radical (unpaired) electrons. The van der Waals surface area contributed by atoms with Crippen molar-refractivity contribution < 1.29 is 0 Å². The Kier molecular flexibility index (Phi) is 2.88. The number of nitrogens with zero attached hydrogens (tertiary/aromatic N) is 1. The van der Waals surface area contributed by atoms with Crippen LogP contribution >= 0.6 is 11.6 Å². The number of hydrogen-bond acceptors (Lipinski definition) is 2. The van der Waals surface area contributed by atoms with Gasteiger partial charge in [-0.2, -0.15) is 0 Å². The minimum atomic E-state index is 0.602. The first-order valence-corrected chi connectivity index (χ1v) is 5.06. The first-order valence-electron chi connectivity index (χ1n) is 4.68. The van der Waals surface area contributed by atoms with Crippen molar-refractivity contribution in [1.82, 2.24) is 4.98 Å². The van der Waals surface area contributed by atoms with Gasteiger partial charge in [-0.25, -0.2) is 0 Å². The smallest absolute Gasteiger partial charge is 0.0635 e. The van der Waals surface area contributed by atoms with Gasteiger partial charge < -0.3 is 5.73 Å². The second kappa shape index (κ2) is 4.32. The molecule has 0 spiro atoms. The van der Waals surface area contributed by atoms with Gasteiger partial charge in [0.25, 0.3) is 0 Å². The lowest BCUT2D eigenvalue weighted by atomic mass is 10.1. The molecule has 2 rings (SSSR count). The molecule has 0 atom stereocenters. The molecule has 0 aliphatic rings. The zero-order chi connectivity index (χ0) is 10.7. The third-order valence-corrected chi connectivity index (χ3v) is 2.54. The summed E-state index contributed by atoms with van der Waals surface area (Å²) in [6, 6.07) is 9.66. The second-order valence-electron chi connectivity index (χ2n) is 3.39. The monoisotopic (exact) mass is 218 g/mol. The Morgan fingerprint density at radius 2 is 2.07 bits per heavy atom. The van der Waals surface area contributed by atoms with Crippen LogP contribution in [-0.2, 0) is 6.42 Å². The highest BCUT2D eigenvalue weighted by atomic mass is 35.5. The molecule has 0 aliphatic heterocycles. The number of halogens is 1. The van der Waals surface area contributed by atoms with E-state index in [1.807, 2.05) is 36.5 Å². The summed E-state index contributed by atoms with van der Waals surface area (Å²) in [6.07, 6.45) is 4.44. The summed E-state index contributed by atoms with van der Waals surface area (Å²) in [4.78, 5) is 4.06. The van der Waals surface area contributed by atoms with E-state index >= 15 is 0 Å². The molecule has 0 saturated carbocycles. The van der Waals surface area contributed by atoms with Crippen LogP contribution in [0.2, 0.25) is 5.02 Å². The molecular weight excluding hydrogens is 208 g/mol. The van der Waals surface area contributed by atoms with Crippen molar-refractivity contribution in [2.45, 2.75) is 6.42 Å². The summed E-state index contributed by atoms with van der Waals surface area (Å²) >= 11 is 5.85. The number of hydrogen-bond donors (Lipinski definition) is 1. The molecule has 2 aromatic rings. The Morgan fingerprint density at radius 3 is 2.73 bits per heavy atom. The fraction of sp³-hybridized carbons (Fsp3) is 0.0833. The topological polar surface area (TPSA) is 38.9 Å². The number of benzene rings is 1. The van der Waals surface area contributed by atoms with E-state index in [9.17, 15) is 0 Å². The zero-order valence-electron chi connectivity index (χ0n) is 8.15. The van der Waals surface area contributed by atoms with E-state index in [1.54, 1.807) is 6.20 Å². The predicted molar refractivity (Wildman–Crippen MR) is 62.9 cm³/mol. The van der Waals surface area contributed by atoms with Gasteiger partial charge in [0, 0.05) is 12.4 Å². The van der Waals surface area contributed by atoms with Crippen LogP contribution in [0, 0.1) is 0 Å². The van der Waals surface area contributed by atoms with Crippen molar-refractivity contribution in [2.75, 3.05) is 5.73 Å². The van der Waals surface area contributed by atoms with Crippen molar-refractivity contribution in [2.24, 2.45) is 0 Å². The zero-order valence-corrected chi connectivity index (χ0v) is 8.91. The van der Waals surface area contributed by atoms with Gasteiger partial charge in [-0.15, -0.1) is 0 Å². The van der Waals surface area contributed by atoms with Gasteiger partial charge >= 0.3 is 0 Å². The summed E-state index contributed by atoms with van der Waals surface area (Å²) in [5.41, 5.74) is 8.66. The Bertz CT molecular complexity index is 454. The van der Waals surface area contributed by atoms with Gasteiger partial charge in [-0.1, -0.05) is 23.7 Å². The van der Waals surface area contributed by atoms with Gasteiger partial charge in [0.2, 0.25) is 0 Å². The molecule has 0 fully saturated rings. The Morgan fingerprint density at radius 1 is 1.20 bits per heavy atom. The maximum absolute atomic E-state index is 5.85. The molecule has 1 aromatic heterocycles. The van der Waals surface area contributed by atoms with Gasteiger partial charge in [0.15, 0.2) is 0 Å². The largest absolute Gasteiger partial charge is 0.398 e. The van der Waals surface area contributed by atoms with E-state index in [1.165, 1.54) is 5.56 Å². The summed E-state index contributed by atoms with van der Waals surface area (Å²) in [5, 5.41) is 0.602. The molecule has 3 heteroatoms. The maximum Gasteiger partial charge on any atom is 0.0635 e. The van der Waals surface area contributed by atoms with Crippen LogP contribution in [0.15, 0.2) is 42.7 Å². The summed E-state index contributed by atoms with van der Waals surface area (Å²) < 4.78 is 0. The van der Waals surface area contributed by atoms with Crippen molar-refractivity contribution in [1.29, 1.82) is 0 Å². The number of anilines is 1. The average Bonchev–Trinajstić information content (AvgIpc) is 2.25. The number of rotatable bonds is 2. The third kappa shape index (κ3) is 2.48. The molecule has 0 amide bonds. The van der Waals surface area contributed by atoms with Crippen LogP contribution < -0.4 is 5.73 Å². The van der Waals surface area contributed by atoms with Crippen molar-refractivity contribution >= 4 is 17.3 Å². The van der Waals surface area contributed by atoms with Crippen molar-refractivity contribution in [3.63, 3.8) is 0 Å². The fourth-order valence-electron chi connectivity index (χ4n) is 1.44.